The third-order valence-electron chi connectivity index (χ3n) is 2.93. The Morgan fingerprint density at radius 1 is 1.60 bits per heavy atom. The van der Waals surface area contributed by atoms with E-state index in [2.05, 4.69) is 16.8 Å². The van der Waals surface area contributed by atoms with Crippen LogP contribution < -0.4 is 0 Å². The Balaban J connectivity index is 1.88. The van der Waals surface area contributed by atoms with Gasteiger partial charge in [-0.25, -0.2) is 4.98 Å². The molecule has 0 atom stereocenters. The minimum Gasteiger partial charge on any atom is -0.297 e. The Hall–Kier alpha value is -0.740. The van der Waals surface area contributed by atoms with Crippen LogP contribution >= 0.6 is 11.3 Å². The molecule has 1 aromatic heterocycles. The van der Waals surface area contributed by atoms with E-state index < -0.39 is 0 Å². The molecule has 0 bridgehead atoms. The summed E-state index contributed by atoms with van der Waals surface area (Å²) in [6, 6.07) is 0. The predicted molar refractivity (Wildman–Crippen MR) is 61.2 cm³/mol. The second-order valence-electron chi connectivity index (χ2n) is 4.24. The molecule has 0 amide bonds. The van der Waals surface area contributed by atoms with Crippen molar-refractivity contribution in [2.75, 3.05) is 13.1 Å². The number of hydrogen-bond acceptors (Lipinski definition) is 4. The van der Waals surface area contributed by atoms with E-state index in [1.54, 1.807) is 11.3 Å². The summed E-state index contributed by atoms with van der Waals surface area (Å²) in [6.45, 7) is 5.55. The number of aromatic nitrogens is 1. The van der Waals surface area contributed by atoms with E-state index in [1.807, 2.05) is 5.38 Å². The molecule has 0 saturated carbocycles. The summed E-state index contributed by atoms with van der Waals surface area (Å²) in [7, 11) is 0. The maximum Gasteiger partial charge on any atom is 0.169 e. The SMILES string of the molecule is CC1CCN(Cc2nc(C=O)cs2)CC1. The second kappa shape index (κ2) is 4.86. The van der Waals surface area contributed by atoms with E-state index in [4.69, 9.17) is 0 Å². The number of nitrogens with zero attached hydrogens (tertiary/aromatic N) is 2. The molecule has 0 aromatic carbocycles. The minimum atomic E-state index is 0.570. The van der Waals surface area contributed by atoms with Crippen LogP contribution in [-0.4, -0.2) is 29.3 Å². The average Bonchev–Trinajstić information content (AvgIpc) is 2.69. The van der Waals surface area contributed by atoms with Gasteiger partial charge in [0, 0.05) is 5.38 Å². The molecule has 4 heteroatoms. The maximum absolute atomic E-state index is 10.5. The Kier molecular flexibility index (Phi) is 3.49. The predicted octanol–water partition coefficient (Wildman–Crippen LogP) is 2.19. The molecular formula is C11H16N2OS. The smallest absolute Gasteiger partial charge is 0.169 e. The van der Waals surface area contributed by atoms with Crippen LogP contribution in [0.4, 0.5) is 0 Å². The van der Waals surface area contributed by atoms with E-state index in [-0.39, 0.29) is 0 Å². The molecule has 1 fully saturated rings. The number of carbonyl (C=O) groups is 1. The molecule has 1 aliphatic rings. The van der Waals surface area contributed by atoms with Crippen LogP contribution in [0.5, 0.6) is 0 Å². The van der Waals surface area contributed by atoms with Crippen molar-refractivity contribution in [3.05, 3.63) is 16.1 Å². The van der Waals surface area contributed by atoms with E-state index in [9.17, 15) is 4.79 Å². The topological polar surface area (TPSA) is 33.2 Å². The number of carbonyl (C=O) groups excluding carboxylic acids is 1. The van der Waals surface area contributed by atoms with Gasteiger partial charge in [-0.3, -0.25) is 9.69 Å². The van der Waals surface area contributed by atoms with Gasteiger partial charge in [0.2, 0.25) is 0 Å². The first-order chi connectivity index (χ1) is 7.28. The highest BCUT2D eigenvalue weighted by atomic mass is 32.1. The van der Waals surface area contributed by atoms with Crippen LogP contribution in [0.3, 0.4) is 0 Å². The Bertz CT molecular complexity index is 329. The van der Waals surface area contributed by atoms with Crippen molar-refractivity contribution < 1.29 is 4.79 Å². The lowest BCUT2D eigenvalue weighted by molar-refractivity contribution is 0.111. The van der Waals surface area contributed by atoms with Crippen LogP contribution in [0.15, 0.2) is 5.38 Å². The normalized spacial score (nSPS) is 19.3. The molecule has 0 spiro atoms. The zero-order chi connectivity index (χ0) is 10.7. The van der Waals surface area contributed by atoms with E-state index in [0.717, 1.165) is 36.8 Å². The molecule has 1 aromatic rings. The molecule has 0 aliphatic carbocycles. The van der Waals surface area contributed by atoms with Crippen molar-refractivity contribution in [1.82, 2.24) is 9.88 Å². The van der Waals surface area contributed by atoms with Gasteiger partial charge in [0.1, 0.15) is 10.7 Å². The molecule has 2 rings (SSSR count). The zero-order valence-electron chi connectivity index (χ0n) is 8.98. The van der Waals surface area contributed by atoms with Gasteiger partial charge >= 0.3 is 0 Å². The summed E-state index contributed by atoms with van der Waals surface area (Å²) in [4.78, 5) is 17.2. The number of piperidine rings is 1. The van der Waals surface area contributed by atoms with Gasteiger partial charge in [0.15, 0.2) is 6.29 Å². The fourth-order valence-electron chi connectivity index (χ4n) is 1.86. The summed E-state index contributed by atoms with van der Waals surface area (Å²) >= 11 is 1.58. The molecule has 15 heavy (non-hydrogen) atoms. The fourth-order valence-corrected chi connectivity index (χ4v) is 2.64. The highest BCUT2D eigenvalue weighted by Crippen LogP contribution is 2.19. The quantitative estimate of drug-likeness (QED) is 0.738. The standard InChI is InChI=1S/C11H16N2OS/c1-9-2-4-13(5-3-9)6-11-12-10(7-14)8-15-11/h7-9H,2-6H2,1H3. The first-order valence-corrected chi connectivity index (χ1v) is 6.28. The van der Waals surface area contributed by atoms with Crippen molar-refractivity contribution in [3.63, 3.8) is 0 Å². The first kappa shape index (κ1) is 10.8. The van der Waals surface area contributed by atoms with Crippen molar-refractivity contribution in [2.24, 2.45) is 5.92 Å². The van der Waals surface area contributed by atoms with Gasteiger partial charge in [-0.15, -0.1) is 11.3 Å². The molecule has 1 saturated heterocycles. The summed E-state index contributed by atoms with van der Waals surface area (Å²) < 4.78 is 0. The Morgan fingerprint density at radius 3 is 2.93 bits per heavy atom. The summed E-state index contributed by atoms with van der Waals surface area (Å²) in [5.41, 5.74) is 0.570. The molecule has 0 radical (unpaired) electrons. The van der Waals surface area contributed by atoms with Gasteiger partial charge in [0.05, 0.1) is 6.54 Å². The van der Waals surface area contributed by atoms with Crippen LogP contribution in [0, 0.1) is 5.92 Å². The lowest BCUT2D eigenvalue weighted by atomic mass is 9.99. The van der Waals surface area contributed by atoms with Crippen LogP contribution in [0.2, 0.25) is 0 Å². The third-order valence-corrected chi connectivity index (χ3v) is 3.78. The average molecular weight is 224 g/mol. The largest absolute Gasteiger partial charge is 0.297 e. The molecule has 0 N–H and O–H groups in total. The van der Waals surface area contributed by atoms with Gasteiger partial charge in [-0.2, -0.15) is 0 Å². The van der Waals surface area contributed by atoms with Gasteiger partial charge in [-0.1, -0.05) is 6.92 Å². The van der Waals surface area contributed by atoms with Crippen molar-refractivity contribution in [2.45, 2.75) is 26.3 Å². The molecular weight excluding hydrogens is 208 g/mol. The number of hydrogen-bond donors (Lipinski definition) is 0. The molecule has 1 aliphatic heterocycles. The maximum atomic E-state index is 10.5. The number of aldehydes is 1. The van der Waals surface area contributed by atoms with E-state index >= 15 is 0 Å². The Morgan fingerprint density at radius 2 is 2.33 bits per heavy atom. The van der Waals surface area contributed by atoms with Crippen molar-refractivity contribution in [1.29, 1.82) is 0 Å². The molecule has 0 unspecified atom stereocenters. The molecule has 3 nitrogen and oxygen atoms in total. The van der Waals surface area contributed by atoms with Crippen LogP contribution in [0.25, 0.3) is 0 Å². The first-order valence-electron chi connectivity index (χ1n) is 5.40. The lowest BCUT2D eigenvalue weighted by Crippen LogP contribution is -2.32. The van der Waals surface area contributed by atoms with Crippen LogP contribution in [-0.2, 0) is 6.54 Å². The summed E-state index contributed by atoms with van der Waals surface area (Å²) in [5.74, 6) is 0.864. The van der Waals surface area contributed by atoms with E-state index in [0.29, 0.717) is 5.69 Å². The van der Waals surface area contributed by atoms with Gasteiger partial charge < -0.3 is 0 Å². The fraction of sp³-hybridized carbons (Fsp3) is 0.636. The third kappa shape index (κ3) is 2.86. The Labute approximate surface area is 94.1 Å². The van der Waals surface area contributed by atoms with E-state index in [1.165, 1.54) is 12.8 Å². The lowest BCUT2D eigenvalue weighted by Gasteiger charge is -2.29. The van der Waals surface area contributed by atoms with Crippen molar-refractivity contribution >= 4 is 17.6 Å². The van der Waals surface area contributed by atoms with Crippen molar-refractivity contribution in [3.8, 4) is 0 Å². The minimum absolute atomic E-state index is 0.570. The monoisotopic (exact) mass is 224 g/mol. The summed E-state index contributed by atoms with van der Waals surface area (Å²) in [5, 5.41) is 2.89. The van der Waals surface area contributed by atoms with Crippen LogP contribution in [0.1, 0.15) is 35.3 Å². The number of thiazole rings is 1. The summed E-state index contributed by atoms with van der Waals surface area (Å²) in [6.07, 6.45) is 3.39. The zero-order valence-corrected chi connectivity index (χ0v) is 9.80. The van der Waals surface area contributed by atoms with Gasteiger partial charge in [0.25, 0.3) is 0 Å². The highest BCUT2D eigenvalue weighted by molar-refractivity contribution is 7.09. The molecule has 82 valence electrons. The molecule has 2 heterocycles. The second-order valence-corrected chi connectivity index (χ2v) is 5.19. The number of rotatable bonds is 3. The number of likely N-dealkylation sites (tertiary alicyclic amines) is 1. The van der Waals surface area contributed by atoms with Gasteiger partial charge in [-0.05, 0) is 31.8 Å². The highest BCUT2D eigenvalue weighted by Gasteiger charge is 2.16.